The SMILES string of the molecule is Cc1ccc(O[C@@H]2CCC[C@H]2O)c([N+](=O)[O-])n1. The van der Waals surface area contributed by atoms with Crippen LogP contribution in [0.5, 0.6) is 5.75 Å². The Hall–Kier alpha value is -1.69. The van der Waals surface area contributed by atoms with Gasteiger partial charge in [-0.25, -0.2) is 0 Å². The topological polar surface area (TPSA) is 85.5 Å². The minimum absolute atomic E-state index is 0.131. The number of aliphatic hydroxyl groups is 1. The zero-order valence-corrected chi connectivity index (χ0v) is 9.50. The summed E-state index contributed by atoms with van der Waals surface area (Å²) < 4.78 is 5.48. The Morgan fingerprint density at radius 2 is 2.29 bits per heavy atom. The monoisotopic (exact) mass is 238 g/mol. The lowest BCUT2D eigenvalue weighted by molar-refractivity contribution is -0.390. The number of nitro groups is 1. The van der Waals surface area contributed by atoms with Gasteiger partial charge in [0.2, 0.25) is 5.75 Å². The molecule has 1 saturated carbocycles. The van der Waals surface area contributed by atoms with Gasteiger partial charge < -0.3 is 20.0 Å². The highest BCUT2D eigenvalue weighted by Crippen LogP contribution is 2.30. The molecule has 92 valence electrons. The summed E-state index contributed by atoms with van der Waals surface area (Å²) in [7, 11) is 0. The Labute approximate surface area is 98.4 Å². The fraction of sp³-hybridized carbons (Fsp3) is 0.545. The highest BCUT2D eigenvalue weighted by Gasteiger charge is 2.29. The number of rotatable bonds is 3. The molecule has 1 aromatic heterocycles. The maximum atomic E-state index is 10.8. The standard InChI is InChI=1S/C11H14N2O4/c1-7-5-6-10(11(12-7)13(15)16)17-9-4-2-3-8(9)14/h5-6,8-9,14H,2-4H2,1H3/t8-,9-/m1/s1. The summed E-state index contributed by atoms with van der Waals surface area (Å²) in [5.41, 5.74) is 0.566. The second-order valence-corrected chi connectivity index (χ2v) is 4.19. The lowest BCUT2D eigenvalue weighted by atomic mass is 10.2. The zero-order chi connectivity index (χ0) is 12.4. The number of pyridine rings is 1. The van der Waals surface area contributed by atoms with Gasteiger partial charge in [0.25, 0.3) is 0 Å². The van der Waals surface area contributed by atoms with Crippen LogP contribution in [-0.4, -0.2) is 27.2 Å². The molecule has 1 N–H and O–H groups in total. The van der Waals surface area contributed by atoms with E-state index in [0.717, 1.165) is 6.42 Å². The molecule has 2 rings (SSSR count). The van der Waals surface area contributed by atoms with E-state index in [0.29, 0.717) is 18.5 Å². The van der Waals surface area contributed by atoms with Crippen LogP contribution in [-0.2, 0) is 0 Å². The summed E-state index contributed by atoms with van der Waals surface area (Å²) in [6.45, 7) is 1.68. The first-order chi connectivity index (χ1) is 8.08. The molecular formula is C11H14N2O4. The summed E-state index contributed by atoms with van der Waals surface area (Å²) >= 11 is 0. The quantitative estimate of drug-likeness (QED) is 0.638. The number of aliphatic hydroxyl groups excluding tert-OH is 1. The van der Waals surface area contributed by atoms with Crippen molar-refractivity contribution in [3.63, 3.8) is 0 Å². The molecule has 0 aliphatic heterocycles. The molecule has 1 aliphatic carbocycles. The summed E-state index contributed by atoms with van der Waals surface area (Å²) in [6.07, 6.45) is 1.36. The van der Waals surface area contributed by atoms with Crippen molar-refractivity contribution >= 4 is 5.82 Å². The molecule has 6 heteroatoms. The van der Waals surface area contributed by atoms with Crippen LogP contribution in [0.15, 0.2) is 12.1 Å². The Morgan fingerprint density at radius 1 is 1.53 bits per heavy atom. The van der Waals surface area contributed by atoms with Gasteiger partial charge in [0, 0.05) is 6.92 Å². The van der Waals surface area contributed by atoms with Crippen molar-refractivity contribution in [3.05, 3.63) is 27.9 Å². The minimum atomic E-state index is -0.566. The van der Waals surface area contributed by atoms with Crippen LogP contribution in [0.3, 0.4) is 0 Å². The van der Waals surface area contributed by atoms with Gasteiger partial charge in [0.1, 0.15) is 11.8 Å². The van der Waals surface area contributed by atoms with Crippen molar-refractivity contribution in [2.24, 2.45) is 0 Å². The summed E-state index contributed by atoms with van der Waals surface area (Å²) in [6, 6.07) is 3.19. The lowest BCUT2D eigenvalue weighted by Crippen LogP contribution is -2.26. The van der Waals surface area contributed by atoms with Crippen molar-refractivity contribution < 1.29 is 14.8 Å². The molecule has 1 aliphatic rings. The Morgan fingerprint density at radius 3 is 2.88 bits per heavy atom. The number of hydrogen-bond acceptors (Lipinski definition) is 5. The summed E-state index contributed by atoms with van der Waals surface area (Å²) in [5, 5.41) is 20.4. The molecule has 1 fully saturated rings. The molecule has 0 aromatic carbocycles. The van der Waals surface area contributed by atoms with Crippen molar-refractivity contribution in [1.29, 1.82) is 0 Å². The van der Waals surface area contributed by atoms with Crippen LogP contribution in [0.4, 0.5) is 5.82 Å². The number of nitrogens with zero attached hydrogens (tertiary/aromatic N) is 2. The van der Waals surface area contributed by atoms with E-state index in [-0.39, 0.29) is 17.7 Å². The van der Waals surface area contributed by atoms with Crippen molar-refractivity contribution in [1.82, 2.24) is 4.98 Å². The third kappa shape index (κ3) is 2.52. The van der Waals surface area contributed by atoms with E-state index in [2.05, 4.69) is 4.98 Å². The fourth-order valence-electron chi connectivity index (χ4n) is 1.96. The molecule has 17 heavy (non-hydrogen) atoms. The molecule has 0 amide bonds. The van der Waals surface area contributed by atoms with Crippen molar-refractivity contribution in [2.45, 2.75) is 38.4 Å². The van der Waals surface area contributed by atoms with Crippen molar-refractivity contribution in [3.8, 4) is 5.75 Å². The van der Waals surface area contributed by atoms with E-state index in [1.54, 1.807) is 13.0 Å². The van der Waals surface area contributed by atoms with E-state index in [1.165, 1.54) is 6.07 Å². The lowest BCUT2D eigenvalue weighted by Gasteiger charge is -2.16. The number of aromatic nitrogens is 1. The third-order valence-corrected chi connectivity index (χ3v) is 2.85. The van der Waals surface area contributed by atoms with Crippen LogP contribution >= 0.6 is 0 Å². The fourth-order valence-corrected chi connectivity index (χ4v) is 1.96. The van der Waals surface area contributed by atoms with E-state index < -0.39 is 11.0 Å². The predicted molar refractivity (Wildman–Crippen MR) is 59.9 cm³/mol. The van der Waals surface area contributed by atoms with Gasteiger partial charge in [0.15, 0.2) is 0 Å². The molecular weight excluding hydrogens is 224 g/mol. The molecule has 6 nitrogen and oxygen atoms in total. The van der Waals surface area contributed by atoms with Gasteiger partial charge in [-0.2, -0.15) is 0 Å². The highest BCUT2D eigenvalue weighted by atomic mass is 16.6. The largest absolute Gasteiger partial charge is 0.480 e. The van der Waals surface area contributed by atoms with E-state index in [9.17, 15) is 15.2 Å². The van der Waals surface area contributed by atoms with Crippen LogP contribution in [0, 0.1) is 17.0 Å². The van der Waals surface area contributed by atoms with Gasteiger partial charge in [-0.3, -0.25) is 0 Å². The van der Waals surface area contributed by atoms with Gasteiger partial charge in [-0.1, -0.05) is 0 Å². The number of ether oxygens (including phenoxy) is 1. The Kier molecular flexibility index (Phi) is 3.23. The second kappa shape index (κ2) is 4.67. The molecule has 0 unspecified atom stereocenters. The summed E-state index contributed by atoms with van der Waals surface area (Å²) in [5.74, 6) is -0.157. The molecule has 0 bridgehead atoms. The Bertz CT molecular complexity index is 435. The maximum absolute atomic E-state index is 10.8. The third-order valence-electron chi connectivity index (χ3n) is 2.85. The minimum Gasteiger partial charge on any atom is -0.480 e. The predicted octanol–water partition coefficient (Wildman–Crippen LogP) is 1.59. The smallest absolute Gasteiger partial charge is 0.406 e. The first-order valence-corrected chi connectivity index (χ1v) is 5.54. The molecule has 2 atom stereocenters. The molecule has 0 saturated heterocycles. The van der Waals surface area contributed by atoms with E-state index in [1.807, 2.05) is 0 Å². The number of hydrogen-bond donors (Lipinski definition) is 1. The zero-order valence-electron chi connectivity index (χ0n) is 9.50. The molecule has 0 spiro atoms. The van der Waals surface area contributed by atoms with Gasteiger partial charge >= 0.3 is 5.82 Å². The first-order valence-electron chi connectivity index (χ1n) is 5.54. The Balaban J connectivity index is 2.22. The van der Waals surface area contributed by atoms with E-state index >= 15 is 0 Å². The maximum Gasteiger partial charge on any atom is 0.406 e. The molecule has 1 aromatic rings. The molecule has 0 radical (unpaired) electrons. The first kappa shape index (κ1) is 11.8. The van der Waals surface area contributed by atoms with E-state index in [4.69, 9.17) is 4.74 Å². The average Bonchev–Trinajstić information content (AvgIpc) is 2.67. The highest BCUT2D eigenvalue weighted by molar-refractivity contribution is 5.40. The van der Waals surface area contributed by atoms with Crippen LogP contribution in [0.1, 0.15) is 25.0 Å². The van der Waals surface area contributed by atoms with Crippen LogP contribution in [0.2, 0.25) is 0 Å². The van der Waals surface area contributed by atoms with Crippen LogP contribution < -0.4 is 4.74 Å². The second-order valence-electron chi connectivity index (χ2n) is 4.19. The molecule has 1 heterocycles. The van der Waals surface area contributed by atoms with Gasteiger partial charge in [-0.05, 0) is 41.3 Å². The van der Waals surface area contributed by atoms with Crippen LogP contribution in [0.25, 0.3) is 0 Å². The van der Waals surface area contributed by atoms with Crippen molar-refractivity contribution in [2.75, 3.05) is 0 Å². The average molecular weight is 238 g/mol. The normalized spacial score (nSPS) is 23.6. The number of aryl methyl sites for hydroxylation is 1. The van der Waals surface area contributed by atoms with Gasteiger partial charge in [0.05, 0.1) is 6.10 Å². The van der Waals surface area contributed by atoms with Gasteiger partial charge in [-0.15, -0.1) is 0 Å². The summed E-state index contributed by atoms with van der Waals surface area (Å²) in [4.78, 5) is 14.1.